The summed E-state index contributed by atoms with van der Waals surface area (Å²) < 4.78 is 10.5. The molecular formula is C19H35NO5. The Labute approximate surface area is 152 Å². The van der Waals surface area contributed by atoms with E-state index in [2.05, 4.69) is 5.32 Å². The lowest BCUT2D eigenvalue weighted by molar-refractivity contribution is -0.167. The number of carbonyl (C=O) groups excluding carboxylic acids is 3. The summed E-state index contributed by atoms with van der Waals surface area (Å²) in [5.74, 6) is -0.712. The molecule has 0 aromatic heterocycles. The first-order valence-electron chi connectivity index (χ1n) is 8.57. The Morgan fingerprint density at radius 3 is 1.72 bits per heavy atom. The highest BCUT2D eigenvalue weighted by Gasteiger charge is 2.40. The highest BCUT2D eigenvalue weighted by molar-refractivity contribution is 5.94. The molecule has 1 N–H and O–H groups in total. The lowest BCUT2D eigenvalue weighted by atomic mass is 9.82. The fraction of sp³-hybridized carbons (Fsp3) is 0.842. The molecule has 0 aliphatic heterocycles. The topological polar surface area (TPSA) is 81.7 Å². The molecule has 146 valence electrons. The number of amides is 1. The summed E-state index contributed by atoms with van der Waals surface area (Å²) in [5.41, 5.74) is -2.92. The molecule has 0 rings (SSSR count). The zero-order valence-electron chi connectivity index (χ0n) is 17.5. The van der Waals surface area contributed by atoms with Crippen LogP contribution in [0.3, 0.4) is 0 Å². The molecule has 25 heavy (non-hydrogen) atoms. The van der Waals surface area contributed by atoms with Crippen molar-refractivity contribution in [2.24, 2.45) is 10.8 Å². The standard InChI is InChI=1S/C19H35NO5/c1-16(2,3)12-24-15(23)20-19(9,10)13(21)11-18(7,8)14(22)25-17(4,5)6/h11-12H2,1-10H3,(H,20,23). The highest BCUT2D eigenvalue weighted by atomic mass is 16.6. The molecule has 0 aliphatic carbocycles. The van der Waals surface area contributed by atoms with E-state index in [0.29, 0.717) is 0 Å². The molecule has 0 aromatic rings. The molecule has 0 heterocycles. The van der Waals surface area contributed by atoms with Crippen molar-refractivity contribution in [3.63, 3.8) is 0 Å². The molecule has 1 amide bonds. The van der Waals surface area contributed by atoms with Crippen molar-refractivity contribution in [3.05, 3.63) is 0 Å². The quantitative estimate of drug-likeness (QED) is 0.730. The minimum atomic E-state index is -1.14. The van der Waals surface area contributed by atoms with Crippen molar-refractivity contribution in [1.82, 2.24) is 5.32 Å². The van der Waals surface area contributed by atoms with E-state index in [9.17, 15) is 14.4 Å². The van der Waals surface area contributed by atoms with Gasteiger partial charge in [0.15, 0.2) is 5.78 Å². The number of hydrogen-bond donors (Lipinski definition) is 1. The summed E-state index contributed by atoms with van der Waals surface area (Å²) in [6.07, 6.45) is -0.697. The van der Waals surface area contributed by atoms with Gasteiger partial charge in [-0.15, -0.1) is 0 Å². The first-order chi connectivity index (χ1) is 10.9. The lowest BCUT2D eigenvalue weighted by Crippen LogP contribution is -2.52. The minimum absolute atomic E-state index is 0.0472. The van der Waals surface area contributed by atoms with Crippen LogP contribution in [0.15, 0.2) is 0 Å². The predicted octanol–water partition coefficient (Wildman–Crippen LogP) is 3.86. The van der Waals surface area contributed by atoms with E-state index in [4.69, 9.17) is 9.47 Å². The van der Waals surface area contributed by atoms with E-state index < -0.39 is 28.6 Å². The Hall–Kier alpha value is -1.59. The number of carbonyl (C=O) groups is 3. The van der Waals surface area contributed by atoms with E-state index in [1.165, 1.54) is 0 Å². The van der Waals surface area contributed by atoms with Crippen LogP contribution in [0.25, 0.3) is 0 Å². The Bertz CT molecular complexity index is 507. The normalized spacial score (nSPS) is 13.2. The second kappa shape index (κ2) is 7.75. The fourth-order valence-electron chi connectivity index (χ4n) is 1.75. The Balaban J connectivity index is 4.85. The number of rotatable bonds is 6. The molecule has 0 aliphatic rings. The van der Waals surface area contributed by atoms with Crippen molar-refractivity contribution in [2.75, 3.05) is 6.61 Å². The minimum Gasteiger partial charge on any atom is -0.460 e. The Kier molecular flexibility index (Phi) is 7.26. The monoisotopic (exact) mass is 357 g/mol. The van der Waals surface area contributed by atoms with Gasteiger partial charge in [0.2, 0.25) is 0 Å². The number of ketones is 1. The van der Waals surface area contributed by atoms with Gasteiger partial charge in [-0.3, -0.25) is 9.59 Å². The van der Waals surface area contributed by atoms with Crippen LogP contribution >= 0.6 is 0 Å². The number of nitrogens with one attached hydrogen (secondary N) is 1. The summed E-state index contributed by atoms with van der Waals surface area (Å²) in [4.78, 5) is 36.8. The van der Waals surface area contributed by atoms with Crippen molar-refractivity contribution < 1.29 is 23.9 Å². The van der Waals surface area contributed by atoms with Gasteiger partial charge in [-0.25, -0.2) is 4.79 Å². The predicted molar refractivity (Wildman–Crippen MR) is 97.3 cm³/mol. The molecule has 0 saturated carbocycles. The van der Waals surface area contributed by atoms with Gasteiger partial charge < -0.3 is 14.8 Å². The van der Waals surface area contributed by atoms with Gasteiger partial charge in [0.1, 0.15) is 5.60 Å². The van der Waals surface area contributed by atoms with Gasteiger partial charge in [-0.2, -0.15) is 0 Å². The van der Waals surface area contributed by atoms with Gasteiger partial charge in [0.25, 0.3) is 0 Å². The number of hydrogen-bond acceptors (Lipinski definition) is 5. The lowest BCUT2D eigenvalue weighted by Gasteiger charge is -2.31. The second-order valence-corrected chi connectivity index (χ2v) is 9.87. The van der Waals surface area contributed by atoms with Crippen molar-refractivity contribution in [3.8, 4) is 0 Å². The van der Waals surface area contributed by atoms with Crippen LogP contribution in [0.5, 0.6) is 0 Å². The SMILES string of the molecule is CC(C)(C)COC(=O)NC(C)(C)C(=O)CC(C)(C)C(=O)OC(C)(C)C. The van der Waals surface area contributed by atoms with Gasteiger partial charge >= 0.3 is 12.1 Å². The number of alkyl carbamates (subject to hydrolysis) is 1. The van der Waals surface area contributed by atoms with Crippen LogP contribution < -0.4 is 5.32 Å². The smallest absolute Gasteiger partial charge is 0.407 e. The van der Waals surface area contributed by atoms with Crippen LogP contribution in [0.4, 0.5) is 4.79 Å². The first kappa shape index (κ1) is 23.4. The maximum atomic E-state index is 12.6. The van der Waals surface area contributed by atoms with Gasteiger partial charge in [-0.05, 0) is 53.9 Å². The largest absolute Gasteiger partial charge is 0.460 e. The van der Waals surface area contributed by atoms with Crippen LogP contribution in [0.2, 0.25) is 0 Å². The third-order valence-corrected chi connectivity index (χ3v) is 3.30. The average Bonchev–Trinajstić information content (AvgIpc) is 2.32. The molecular weight excluding hydrogens is 322 g/mol. The molecule has 0 saturated heterocycles. The zero-order chi connectivity index (χ0) is 20.3. The van der Waals surface area contributed by atoms with E-state index in [1.807, 2.05) is 20.8 Å². The van der Waals surface area contributed by atoms with E-state index in [1.54, 1.807) is 48.5 Å². The van der Waals surface area contributed by atoms with Crippen LogP contribution in [0, 0.1) is 10.8 Å². The molecule has 0 aromatic carbocycles. The maximum Gasteiger partial charge on any atom is 0.407 e. The summed E-state index contributed by atoms with van der Waals surface area (Å²) in [5, 5.41) is 2.58. The van der Waals surface area contributed by atoms with Crippen molar-refractivity contribution >= 4 is 17.8 Å². The first-order valence-corrected chi connectivity index (χ1v) is 8.57. The third-order valence-electron chi connectivity index (χ3n) is 3.30. The van der Waals surface area contributed by atoms with E-state index in [-0.39, 0.29) is 24.2 Å². The van der Waals surface area contributed by atoms with Crippen LogP contribution in [-0.2, 0) is 19.1 Å². The average molecular weight is 357 g/mol. The van der Waals surface area contributed by atoms with E-state index >= 15 is 0 Å². The summed E-state index contributed by atoms with van der Waals surface area (Å²) in [6, 6.07) is 0. The molecule has 0 spiro atoms. The zero-order valence-corrected chi connectivity index (χ0v) is 17.5. The van der Waals surface area contributed by atoms with E-state index in [0.717, 1.165) is 0 Å². The number of esters is 1. The van der Waals surface area contributed by atoms with Crippen LogP contribution in [0.1, 0.15) is 75.7 Å². The molecule has 0 unspecified atom stereocenters. The highest BCUT2D eigenvalue weighted by Crippen LogP contribution is 2.28. The van der Waals surface area contributed by atoms with Gasteiger partial charge in [0.05, 0.1) is 17.6 Å². The summed E-state index contributed by atoms with van der Waals surface area (Å²) in [6.45, 7) is 17.9. The molecule has 0 radical (unpaired) electrons. The molecule has 0 bridgehead atoms. The summed E-state index contributed by atoms with van der Waals surface area (Å²) in [7, 11) is 0. The van der Waals surface area contributed by atoms with Gasteiger partial charge in [0, 0.05) is 6.42 Å². The second-order valence-electron chi connectivity index (χ2n) is 9.87. The third kappa shape index (κ3) is 9.46. The Morgan fingerprint density at radius 2 is 1.32 bits per heavy atom. The van der Waals surface area contributed by atoms with Crippen LogP contribution in [-0.4, -0.2) is 35.6 Å². The molecule has 0 atom stereocenters. The van der Waals surface area contributed by atoms with Crippen molar-refractivity contribution in [1.29, 1.82) is 0 Å². The van der Waals surface area contributed by atoms with Gasteiger partial charge in [-0.1, -0.05) is 20.8 Å². The summed E-state index contributed by atoms with van der Waals surface area (Å²) >= 11 is 0. The fourth-order valence-corrected chi connectivity index (χ4v) is 1.75. The number of Topliss-reactive ketones (excluding diaryl/α,β-unsaturated/α-hetero) is 1. The molecule has 6 heteroatoms. The van der Waals surface area contributed by atoms with Crippen molar-refractivity contribution in [2.45, 2.75) is 86.8 Å². The number of ether oxygens (including phenoxy) is 2. The maximum absolute atomic E-state index is 12.6. The molecule has 0 fully saturated rings. The Morgan fingerprint density at radius 1 is 0.840 bits per heavy atom. The molecule has 6 nitrogen and oxygen atoms in total.